The van der Waals surface area contributed by atoms with Crippen LogP contribution in [0.3, 0.4) is 0 Å². The number of amides is 1. The zero-order valence-electron chi connectivity index (χ0n) is 16.6. The molecule has 0 radical (unpaired) electrons. The number of carbonyl (C=O) groups is 1. The molecule has 1 N–H and O–H groups in total. The summed E-state index contributed by atoms with van der Waals surface area (Å²) in [5.74, 6) is 0.369. The lowest BCUT2D eigenvalue weighted by atomic mass is 10.1. The zero-order valence-corrected chi connectivity index (χ0v) is 16.6. The van der Waals surface area contributed by atoms with Gasteiger partial charge in [0, 0.05) is 19.5 Å². The number of rotatable bonds is 15. The van der Waals surface area contributed by atoms with Crippen molar-refractivity contribution in [3.8, 4) is 0 Å². The maximum absolute atomic E-state index is 11.9. The molecule has 0 aliphatic carbocycles. The van der Waals surface area contributed by atoms with Crippen LogP contribution in [-0.2, 0) is 4.79 Å². The Bertz CT molecular complexity index is 348. The fourth-order valence-corrected chi connectivity index (χ4v) is 3.49. The number of aliphatic hydroxyl groups is 1. The van der Waals surface area contributed by atoms with Gasteiger partial charge in [-0.2, -0.15) is 0 Å². The Morgan fingerprint density at radius 2 is 1.64 bits per heavy atom. The Balaban J connectivity index is 1.83. The van der Waals surface area contributed by atoms with Crippen molar-refractivity contribution >= 4 is 5.91 Å². The first-order chi connectivity index (χ1) is 12.2. The third-order valence-corrected chi connectivity index (χ3v) is 5.19. The van der Waals surface area contributed by atoms with E-state index in [1.807, 2.05) is 4.90 Å². The molecule has 0 unspecified atom stereocenters. The minimum atomic E-state index is -0.152. The summed E-state index contributed by atoms with van der Waals surface area (Å²) >= 11 is 0. The number of hydrogen-bond donors (Lipinski definition) is 1. The van der Waals surface area contributed by atoms with Gasteiger partial charge in [-0.15, -0.1) is 0 Å². The SMILES string of the molecule is CCCCCC[C@@H](O)C/C=C\CCCCCCCC(=O)N1CCCC1. The van der Waals surface area contributed by atoms with Gasteiger partial charge in [0.15, 0.2) is 0 Å². The van der Waals surface area contributed by atoms with E-state index in [0.717, 1.165) is 51.6 Å². The number of carbonyl (C=O) groups excluding carboxylic acids is 1. The molecular formula is C22H41NO2. The van der Waals surface area contributed by atoms with E-state index < -0.39 is 0 Å². The largest absolute Gasteiger partial charge is 0.393 e. The minimum Gasteiger partial charge on any atom is -0.393 e. The third kappa shape index (κ3) is 12.2. The summed E-state index contributed by atoms with van der Waals surface area (Å²) in [5.41, 5.74) is 0. The number of nitrogens with zero attached hydrogens (tertiary/aromatic N) is 1. The van der Waals surface area contributed by atoms with E-state index in [9.17, 15) is 9.90 Å². The topological polar surface area (TPSA) is 40.5 Å². The van der Waals surface area contributed by atoms with Crippen molar-refractivity contribution in [1.29, 1.82) is 0 Å². The van der Waals surface area contributed by atoms with E-state index in [1.54, 1.807) is 0 Å². The summed E-state index contributed by atoms with van der Waals surface area (Å²) < 4.78 is 0. The van der Waals surface area contributed by atoms with Crippen LogP contribution < -0.4 is 0 Å². The predicted molar refractivity (Wildman–Crippen MR) is 107 cm³/mol. The predicted octanol–water partition coefficient (Wildman–Crippen LogP) is 5.62. The average Bonchev–Trinajstić information content (AvgIpc) is 3.15. The van der Waals surface area contributed by atoms with Gasteiger partial charge in [0.2, 0.25) is 5.91 Å². The molecule has 1 amide bonds. The molecule has 1 saturated heterocycles. The van der Waals surface area contributed by atoms with Crippen LogP contribution in [0.15, 0.2) is 12.2 Å². The van der Waals surface area contributed by atoms with Crippen LogP contribution in [0.5, 0.6) is 0 Å². The van der Waals surface area contributed by atoms with Crippen LogP contribution in [-0.4, -0.2) is 35.1 Å². The summed E-state index contributed by atoms with van der Waals surface area (Å²) in [7, 11) is 0. The molecule has 1 atom stereocenters. The molecule has 1 aliphatic heterocycles. The Labute approximate surface area is 155 Å². The fourth-order valence-electron chi connectivity index (χ4n) is 3.49. The average molecular weight is 352 g/mol. The second-order valence-electron chi connectivity index (χ2n) is 7.60. The van der Waals surface area contributed by atoms with Gasteiger partial charge >= 0.3 is 0 Å². The Morgan fingerprint density at radius 1 is 0.960 bits per heavy atom. The van der Waals surface area contributed by atoms with Crippen LogP contribution in [0.1, 0.15) is 103 Å². The van der Waals surface area contributed by atoms with Gasteiger partial charge in [0.1, 0.15) is 0 Å². The van der Waals surface area contributed by atoms with Gasteiger partial charge in [-0.05, 0) is 44.9 Å². The molecule has 3 heteroatoms. The Morgan fingerprint density at radius 3 is 2.40 bits per heavy atom. The molecule has 0 aromatic rings. The van der Waals surface area contributed by atoms with Crippen LogP contribution >= 0.6 is 0 Å². The molecule has 1 fully saturated rings. The molecule has 25 heavy (non-hydrogen) atoms. The summed E-state index contributed by atoms with van der Waals surface area (Å²) in [6, 6.07) is 0. The van der Waals surface area contributed by atoms with Crippen molar-refractivity contribution in [1.82, 2.24) is 4.90 Å². The van der Waals surface area contributed by atoms with E-state index in [-0.39, 0.29) is 6.10 Å². The minimum absolute atomic E-state index is 0.152. The van der Waals surface area contributed by atoms with Gasteiger partial charge < -0.3 is 10.0 Å². The Kier molecular flexibility index (Phi) is 13.7. The first-order valence-electron chi connectivity index (χ1n) is 10.8. The molecule has 0 aromatic carbocycles. The number of aliphatic hydroxyl groups excluding tert-OH is 1. The maximum Gasteiger partial charge on any atom is 0.222 e. The highest BCUT2D eigenvalue weighted by molar-refractivity contribution is 5.76. The molecule has 1 aliphatic rings. The highest BCUT2D eigenvalue weighted by atomic mass is 16.3. The number of hydrogen-bond acceptors (Lipinski definition) is 2. The van der Waals surface area contributed by atoms with E-state index >= 15 is 0 Å². The molecule has 146 valence electrons. The molecule has 0 bridgehead atoms. The monoisotopic (exact) mass is 351 g/mol. The summed E-state index contributed by atoms with van der Waals surface area (Å²) in [4.78, 5) is 13.9. The molecule has 1 rings (SSSR count). The number of allylic oxidation sites excluding steroid dienone is 1. The summed E-state index contributed by atoms with van der Waals surface area (Å²) in [6.45, 7) is 4.19. The van der Waals surface area contributed by atoms with Crippen molar-refractivity contribution in [3.05, 3.63) is 12.2 Å². The number of likely N-dealkylation sites (tertiary alicyclic amines) is 1. The van der Waals surface area contributed by atoms with Crippen LogP contribution in [0, 0.1) is 0 Å². The molecular weight excluding hydrogens is 310 g/mol. The van der Waals surface area contributed by atoms with Crippen LogP contribution in [0.25, 0.3) is 0 Å². The normalized spacial score (nSPS) is 16.0. The lowest BCUT2D eigenvalue weighted by Crippen LogP contribution is -2.27. The summed E-state index contributed by atoms with van der Waals surface area (Å²) in [5, 5.41) is 9.89. The van der Waals surface area contributed by atoms with E-state index in [4.69, 9.17) is 0 Å². The first-order valence-corrected chi connectivity index (χ1v) is 10.8. The van der Waals surface area contributed by atoms with Gasteiger partial charge in [-0.1, -0.05) is 64.0 Å². The standard InChI is InChI=1S/C22H41NO2/c1-2-3-4-11-16-21(24)17-12-9-7-5-6-8-10-13-18-22(25)23-19-14-15-20-23/h9,12,21,24H,2-8,10-11,13-20H2,1H3/b12-9-/t21-/m1/s1. The maximum atomic E-state index is 11.9. The fraction of sp³-hybridized carbons (Fsp3) is 0.864. The quantitative estimate of drug-likeness (QED) is 0.307. The first kappa shape index (κ1) is 22.2. The van der Waals surface area contributed by atoms with Crippen molar-refractivity contribution in [2.45, 2.75) is 109 Å². The molecule has 0 aromatic heterocycles. The van der Waals surface area contributed by atoms with Gasteiger partial charge in [0.25, 0.3) is 0 Å². The van der Waals surface area contributed by atoms with Gasteiger partial charge in [-0.3, -0.25) is 4.79 Å². The molecule has 0 spiro atoms. The lowest BCUT2D eigenvalue weighted by Gasteiger charge is -2.14. The third-order valence-electron chi connectivity index (χ3n) is 5.19. The van der Waals surface area contributed by atoms with Gasteiger partial charge in [0.05, 0.1) is 6.10 Å². The van der Waals surface area contributed by atoms with Crippen LogP contribution in [0.2, 0.25) is 0 Å². The second-order valence-corrected chi connectivity index (χ2v) is 7.60. The molecule has 1 heterocycles. The van der Waals surface area contributed by atoms with E-state index in [2.05, 4.69) is 19.1 Å². The van der Waals surface area contributed by atoms with Crippen molar-refractivity contribution in [2.24, 2.45) is 0 Å². The highest BCUT2D eigenvalue weighted by Gasteiger charge is 2.16. The lowest BCUT2D eigenvalue weighted by molar-refractivity contribution is -0.130. The number of unbranched alkanes of at least 4 members (excludes halogenated alkanes) is 8. The highest BCUT2D eigenvalue weighted by Crippen LogP contribution is 2.13. The summed E-state index contributed by atoms with van der Waals surface area (Å²) in [6.07, 6.45) is 21.1. The second kappa shape index (κ2) is 15.4. The molecule has 3 nitrogen and oxygen atoms in total. The zero-order chi connectivity index (χ0) is 18.2. The van der Waals surface area contributed by atoms with E-state index in [1.165, 1.54) is 57.8 Å². The smallest absolute Gasteiger partial charge is 0.222 e. The van der Waals surface area contributed by atoms with Crippen molar-refractivity contribution in [3.63, 3.8) is 0 Å². The van der Waals surface area contributed by atoms with E-state index in [0.29, 0.717) is 5.91 Å². The van der Waals surface area contributed by atoms with Gasteiger partial charge in [-0.25, -0.2) is 0 Å². The van der Waals surface area contributed by atoms with Crippen molar-refractivity contribution < 1.29 is 9.90 Å². The Hall–Kier alpha value is -0.830. The molecule has 0 saturated carbocycles. The van der Waals surface area contributed by atoms with Crippen LogP contribution in [0.4, 0.5) is 0 Å². The van der Waals surface area contributed by atoms with Crippen molar-refractivity contribution in [2.75, 3.05) is 13.1 Å².